The molecule has 0 radical (unpaired) electrons. The van der Waals surface area contributed by atoms with Crippen molar-refractivity contribution in [2.45, 2.75) is 58.5 Å². The monoisotopic (exact) mass is 535 g/mol. The fraction of sp³-hybridized carbons (Fsp3) is 0.333. The first-order chi connectivity index (χ1) is 18.1. The van der Waals surface area contributed by atoms with Gasteiger partial charge in [-0.15, -0.1) is 0 Å². The number of likely N-dealkylation sites (N-methyl/N-ethyl adjacent to an activating group) is 1. The Balaban J connectivity index is 2.04. The maximum absolute atomic E-state index is 13.9. The topological polar surface area (TPSA) is 86.8 Å². The highest BCUT2D eigenvalue weighted by Crippen LogP contribution is 2.25. The van der Waals surface area contributed by atoms with Crippen LogP contribution >= 0.6 is 0 Å². The third-order valence-corrected chi connectivity index (χ3v) is 8.21. The molecule has 0 spiro atoms. The third-order valence-electron chi connectivity index (χ3n) is 6.42. The number of hydrogen-bond donors (Lipinski definition) is 1. The molecule has 202 valence electrons. The molecule has 0 aliphatic carbocycles. The van der Waals surface area contributed by atoms with Gasteiger partial charge < -0.3 is 10.2 Å². The molecule has 0 unspecified atom stereocenters. The van der Waals surface area contributed by atoms with Gasteiger partial charge in [0.15, 0.2) is 0 Å². The second-order valence-corrected chi connectivity index (χ2v) is 11.3. The van der Waals surface area contributed by atoms with E-state index in [0.717, 1.165) is 26.6 Å². The second kappa shape index (κ2) is 12.7. The van der Waals surface area contributed by atoms with Crippen molar-refractivity contribution in [2.24, 2.45) is 0 Å². The summed E-state index contributed by atoms with van der Waals surface area (Å²) in [7, 11) is -4.07. The number of nitrogens with one attached hydrogen (secondary N) is 1. The first-order valence-corrected chi connectivity index (χ1v) is 14.3. The molecule has 0 fully saturated rings. The van der Waals surface area contributed by atoms with E-state index in [9.17, 15) is 18.0 Å². The molecule has 3 aromatic rings. The van der Waals surface area contributed by atoms with Gasteiger partial charge in [0.2, 0.25) is 11.8 Å². The summed E-state index contributed by atoms with van der Waals surface area (Å²) in [5.41, 5.74) is 4.22. The Bertz CT molecular complexity index is 1340. The lowest BCUT2D eigenvalue weighted by atomic mass is 10.1. The lowest BCUT2D eigenvalue weighted by Crippen LogP contribution is -2.52. The van der Waals surface area contributed by atoms with Crippen LogP contribution in [0, 0.1) is 20.8 Å². The zero-order chi connectivity index (χ0) is 27.9. The highest BCUT2D eigenvalue weighted by atomic mass is 32.2. The number of nitrogens with zero attached hydrogens (tertiary/aromatic N) is 2. The van der Waals surface area contributed by atoms with E-state index in [1.54, 1.807) is 36.4 Å². The van der Waals surface area contributed by atoms with Gasteiger partial charge in [-0.2, -0.15) is 0 Å². The molecule has 1 atom stereocenters. The summed E-state index contributed by atoms with van der Waals surface area (Å²) in [4.78, 5) is 28.5. The summed E-state index contributed by atoms with van der Waals surface area (Å²) < 4.78 is 28.8. The van der Waals surface area contributed by atoms with Crippen molar-refractivity contribution in [3.05, 3.63) is 95.1 Å². The molecule has 0 aliphatic heterocycles. The van der Waals surface area contributed by atoms with Gasteiger partial charge >= 0.3 is 0 Å². The molecule has 0 heterocycles. The summed E-state index contributed by atoms with van der Waals surface area (Å²) in [6, 6.07) is 20.6. The number of benzene rings is 3. The Morgan fingerprint density at radius 3 is 1.79 bits per heavy atom. The highest BCUT2D eigenvalue weighted by Gasteiger charge is 2.33. The number of aryl methyl sites for hydroxylation is 3. The van der Waals surface area contributed by atoms with Crippen molar-refractivity contribution in [2.75, 3.05) is 17.4 Å². The quantitative estimate of drug-likeness (QED) is 0.384. The van der Waals surface area contributed by atoms with Crippen LogP contribution in [-0.2, 0) is 26.2 Å². The molecule has 0 saturated heterocycles. The first kappa shape index (κ1) is 28.9. The maximum Gasteiger partial charge on any atom is 0.264 e. The highest BCUT2D eigenvalue weighted by molar-refractivity contribution is 7.92. The van der Waals surface area contributed by atoms with E-state index in [1.807, 2.05) is 71.0 Å². The van der Waals surface area contributed by atoms with Gasteiger partial charge in [0, 0.05) is 13.1 Å². The van der Waals surface area contributed by atoms with Crippen LogP contribution in [-0.4, -0.2) is 44.3 Å². The standard InChI is InChI=1S/C30H37N3O4S/c1-6-28(30(35)31-7-2)32(20-25-14-8-22(3)9-15-25)29(34)21-33(26-16-10-23(4)11-17-26)38(36,37)27-18-12-24(5)13-19-27/h8-19,28H,6-7,20-21H2,1-5H3,(H,31,35)/t28-/m0/s1. The first-order valence-electron chi connectivity index (χ1n) is 12.9. The van der Waals surface area contributed by atoms with Gasteiger partial charge in [-0.05, 0) is 63.9 Å². The van der Waals surface area contributed by atoms with E-state index in [-0.39, 0.29) is 17.3 Å². The summed E-state index contributed by atoms with van der Waals surface area (Å²) >= 11 is 0. The predicted molar refractivity (Wildman–Crippen MR) is 151 cm³/mol. The van der Waals surface area contributed by atoms with E-state index in [4.69, 9.17) is 0 Å². The number of hydrogen-bond acceptors (Lipinski definition) is 4. The SMILES string of the molecule is CCNC(=O)[C@H](CC)N(Cc1ccc(C)cc1)C(=O)CN(c1ccc(C)cc1)S(=O)(=O)c1ccc(C)cc1. The van der Waals surface area contributed by atoms with Crippen LogP contribution in [0.5, 0.6) is 0 Å². The van der Waals surface area contributed by atoms with Gasteiger partial charge in [-0.3, -0.25) is 13.9 Å². The lowest BCUT2D eigenvalue weighted by Gasteiger charge is -2.33. The van der Waals surface area contributed by atoms with Crippen LogP contribution in [0.15, 0.2) is 77.7 Å². The van der Waals surface area contributed by atoms with Crippen LogP contribution in [0.3, 0.4) is 0 Å². The molecular weight excluding hydrogens is 498 g/mol. The molecule has 7 nitrogen and oxygen atoms in total. The Labute approximate surface area is 226 Å². The molecule has 0 aliphatic rings. The van der Waals surface area contributed by atoms with Crippen molar-refractivity contribution >= 4 is 27.5 Å². The fourth-order valence-electron chi connectivity index (χ4n) is 4.18. The Hall–Kier alpha value is -3.65. The molecular formula is C30H37N3O4S. The van der Waals surface area contributed by atoms with E-state index in [0.29, 0.717) is 18.7 Å². The van der Waals surface area contributed by atoms with Gasteiger partial charge in [0.25, 0.3) is 10.0 Å². The normalized spacial score (nSPS) is 12.0. The average molecular weight is 536 g/mol. The maximum atomic E-state index is 13.9. The van der Waals surface area contributed by atoms with Gasteiger partial charge in [0.1, 0.15) is 12.6 Å². The molecule has 2 amide bonds. The van der Waals surface area contributed by atoms with E-state index in [1.165, 1.54) is 4.90 Å². The molecule has 38 heavy (non-hydrogen) atoms. The van der Waals surface area contributed by atoms with Crippen LogP contribution in [0.1, 0.15) is 42.5 Å². The molecule has 0 saturated carbocycles. The Morgan fingerprint density at radius 1 is 0.789 bits per heavy atom. The summed E-state index contributed by atoms with van der Waals surface area (Å²) in [5, 5.41) is 2.81. The number of anilines is 1. The van der Waals surface area contributed by atoms with Crippen LogP contribution in [0.2, 0.25) is 0 Å². The number of amides is 2. The molecule has 0 aromatic heterocycles. The Kier molecular flexibility index (Phi) is 9.69. The molecule has 3 rings (SSSR count). The minimum atomic E-state index is -4.07. The smallest absolute Gasteiger partial charge is 0.264 e. The van der Waals surface area contributed by atoms with Crippen molar-refractivity contribution in [1.82, 2.24) is 10.2 Å². The number of rotatable bonds is 11. The summed E-state index contributed by atoms with van der Waals surface area (Å²) in [5.74, 6) is -0.723. The van der Waals surface area contributed by atoms with Crippen molar-refractivity contribution in [3.8, 4) is 0 Å². The molecule has 1 N–H and O–H groups in total. The molecule has 0 bridgehead atoms. The molecule has 8 heteroatoms. The van der Waals surface area contributed by atoms with E-state index < -0.39 is 28.5 Å². The number of carbonyl (C=O) groups excluding carboxylic acids is 2. The lowest BCUT2D eigenvalue weighted by molar-refractivity contribution is -0.140. The zero-order valence-corrected chi connectivity index (χ0v) is 23.6. The predicted octanol–water partition coefficient (Wildman–Crippen LogP) is 4.75. The van der Waals surface area contributed by atoms with Crippen molar-refractivity contribution < 1.29 is 18.0 Å². The van der Waals surface area contributed by atoms with Crippen molar-refractivity contribution in [1.29, 1.82) is 0 Å². The summed E-state index contributed by atoms with van der Waals surface area (Å²) in [6.45, 7) is 9.61. The van der Waals surface area contributed by atoms with Gasteiger partial charge in [-0.25, -0.2) is 8.42 Å². The van der Waals surface area contributed by atoms with Crippen LogP contribution in [0.25, 0.3) is 0 Å². The third kappa shape index (κ3) is 7.01. The van der Waals surface area contributed by atoms with E-state index in [2.05, 4.69) is 5.32 Å². The van der Waals surface area contributed by atoms with Gasteiger partial charge in [-0.1, -0.05) is 72.1 Å². The fourth-order valence-corrected chi connectivity index (χ4v) is 5.59. The largest absolute Gasteiger partial charge is 0.355 e. The number of sulfonamides is 1. The molecule has 3 aromatic carbocycles. The second-order valence-electron chi connectivity index (χ2n) is 9.49. The zero-order valence-electron chi connectivity index (χ0n) is 22.8. The van der Waals surface area contributed by atoms with E-state index >= 15 is 0 Å². The Morgan fingerprint density at radius 2 is 1.29 bits per heavy atom. The number of carbonyl (C=O) groups is 2. The minimum absolute atomic E-state index is 0.0947. The van der Waals surface area contributed by atoms with Crippen molar-refractivity contribution in [3.63, 3.8) is 0 Å². The minimum Gasteiger partial charge on any atom is -0.355 e. The van der Waals surface area contributed by atoms with Gasteiger partial charge in [0.05, 0.1) is 10.6 Å². The average Bonchev–Trinajstić information content (AvgIpc) is 2.89. The summed E-state index contributed by atoms with van der Waals surface area (Å²) in [6.07, 6.45) is 0.388. The van der Waals surface area contributed by atoms with Crippen LogP contribution in [0.4, 0.5) is 5.69 Å². The van der Waals surface area contributed by atoms with Crippen LogP contribution < -0.4 is 9.62 Å².